The van der Waals surface area contributed by atoms with Gasteiger partial charge in [-0.3, -0.25) is 4.57 Å². The van der Waals surface area contributed by atoms with Crippen LogP contribution in [0.4, 0.5) is 4.39 Å². The van der Waals surface area contributed by atoms with Crippen LogP contribution in [-0.4, -0.2) is 14.4 Å². The van der Waals surface area contributed by atoms with Crippen LogP contribution in [-0.2, 0) is 17.7 Å². The van der Waals surface area contributed by atoms with Crippen molar-refractivity contribution in [2.45, 2.75) is 58.5 Å². The van der Waals surface area contributed by atoms with Gasteiger partial charge in [0.15, 0.2) is 0 Å². The molecule has 1 aromatic heterocycles. The first kappa shape index (κ1) is 24.2. The summed E-state index contributed by atoms with van der Waals surface area (Å²) in [5.41, 5.74) is 1.04. The Labute approximate surface area is 166 Å². The summed E-state index contributed by atoms with van der Waals surface area (Å²) in [5, 5.41) is 0. The minimum Gasteiger partial charge on any atom is -0.756 e. The number of imidazole rings is 1. The molecule has 0 fully saturated rings. The molecule has 2 aromatic rings. The maximum Gasteiger partial charge on any atom is 0.262 e. The van der Waals surface area contributed by atoms with E-state index in [4.69, 9.17) is 19.2 Å². The molecule has 1 aromatic carbocycles. The molecular weight excluding hydrogens is 382 g/mol. The molecule has 8 heteroatoms. The first-order chi connectivity index (χ1) is 13.3. The molecule has 0 saturated carbocycles. The Morgan fingerprint density at radius 2 is 1.82 bits per heavy atom. The van der Waals surface area contributed by atoms with Gasteiger partial charge >= 0.3 is 0 Å². The molecule has 28 heavy (non-hydrogen) atoms. The fraction of sp³-hybridized carbons (Fsp3) is 0.450. The van der Waals surface area contributed by atoms with Crippen molar-refractivity contribution in [1.29, 1.82) is 0 Å². The number of nitrogens with zero attached hydrogens (tertiary/aromatic N) is 2. The van der Waals surface area contributed by atoms with Crippen molar-refractivity contribution in [3.8, 4) is 0 Å². The number of allylic oxidation sites excluding steroid dienone is 1. The molecule has 156 valence electrons. The molecule has 0 atom stereocenters. The van der Waals surface area contributed by atoms with Gasteiger partial charge in [0.1, 0.15) is 18.2 Å². The van der Waals surface area contributed by atoms with Crippen LogP contribution in [0.2, 0.25) is 0 Å². The predicted molar refractivity (Wildman–Crippen MR) is 105 cm³/mol. The molecule has 0 aliphatic heterocycles. The number of aryl methyl sites for hydroxylation is 2. The molecule has 1 heterocycles. The Hall–Kier alpha value is -1.79. The van der Waals surface area contributed by atoms with E-state index in [2.05, 4.69) is 40.9 Å². The average Bonchev–Trinajstić information content (AvgIpc) is 3.06. The lowest BCUT2D eigenvalue weighted by Crippen LogP contribution is -2.30. The quantitative estimate of drug-likeness (QED) is 0.355. The van der Waals surface area contributed by atoms with Crippen molar-refractivity contribution in [2.24, 2.45) is 0 Å². The van der Waals surface area contributed by atoms with E-state index in [0.717, 1.165) is 25.1 Å². The number of hydrogen-bond donors (Lipinski definition) is 2. The van der Waals surface area contributed by atoms with Crippen molar-refractivity contribution in [3.05, 3.63) is 60.4 Å². The molecule has 6 nitrogen and oxygen atoms in total. The summed E-state index contributed by atoms with van der Waals surface area (Å²) >= 11 is 0. The van der Waals surface area contributed by atoms with Crippen LogP contribution in [0.15, 0.2) is 49.1 Å². The van der Waals surface area contributed by atoms with E-state index in [-0.39, 0.29) is 5.82 Å². The Morgan fingerprint density at radius 1 is 1.18 bits per heavy atom. The van der Waals surface area contributed by atoms with Crippen LogP contribution in [0.5, 0.6) is 0 Å². The Morgan fingerprint density at radius 3 is 2.46 bits per heavy atom. The van der Waals surface area contributed by atoms with Gasteiger partial charge in [0.05, 0.1) is 13.1 Å². The van der Waals surface area contributed by atoms with E-state index in [1.165, 1.54) is 44.2 Å². The maximum atomic E-state index is 12.8. The highest BCUT2D eigenvalue weighted by Crippen LogP contribution is 2.19. The molecule has 0 aliphatic carbocycles. The van der Waals surface area contributed by atoms with E-state index in [0.29, 0.717) is 0 Å². The minimum absolute atomic E-state index is 0.186. The molecule has 0 bridgehead atoms. The molecule has 2 rings (SSSR count). The van der Waals surface area contributed by atoms with Crippen LogP contribution in [0.1, 0.15) is 51.0 Å². The minimum atomic E-state index is -4.89. The highest BCUT2D eigenvalue weighted by atomic mass is 31.2. The van der Waals surface area contributed by atoms with E-state index >= 15 is 0 Å². The SMILES string of the molecule is CCCCCCC[n+]1ccn(CC/C=C/c2ccc(F)cc2)c1.O=P([O-])(O)O. The van der Waals surface area contributed by atoms with Gasteiger partial charge < -0.3 is 14.7 Å². The summed E-state index contributed by atoms with van der Waals surface area (Å²) in [6.45, 7) is 4.34. The zero-order valence-corrected chi connectivity index (χ0v) is 17.2. The number of unbranched alkanes of at least 4 members (excludes halogenated alkanes) is 4. The summed E-state index contributed by atoms with van der Waals surface area (Å²) in [6, 6.07) is 6.59. The van der Waals surface area contributed by atoms with E-state index in [9.17, 15) is 4.39 Å². The second-order valence-electron chi connectivity index (χ2n) is 6.54. The standard InChI is InChI=1S/C20H28FN2.H3O4P/c1-2-3-4-5-7-14-22-16-17-23(18-22)15-8-6-9-19-10-12-20(21)13-11-19;1-5(2,3)4/h6,9-13,16-18H,2-5,7-8,14-15H2,1H3;(H3,1,2,3,4)/q+1;/p-1/b9-6+;. The smallest absolute Gasteiger partial charge is 0.262 e. The lowest BCUT2D eigenvalue weighted by atomic mass is 10.1. The lowest BCUT2D eigenvalue weighted by molar-refractivity contribution is -0.696. The van der Waals surface area contributed by atoms with Crippen LogP contribution in [0.25, 0.3) is 6.08 Å². The van der Waals surface area contributed by atoms with E-state index < -0.39 is 7.82 Å². The predicted octanol–water partition coefficient (Wildman–Crippen LogP) is 3.43. The summed E-state index contributed by atoms with van der Waals surface area (Å²) in [4.78, 5) is 22.9. The first-order valence-corrected chi connectivity index (χ1v) is 11.0. The van der Waals surface area contributed by atoms with Crippen molar-refractivity contribution in [1.82, 2.24) is 4.57 Å². The lowest BCUT2D eigenvalue weighted by Gasteiger charge is -2.01. The number of aromatic nitrogens is 2. The zero-order valence-electron chi connectivity index (χ0n) is 16.3. The molecule has 0 saturated heterocycles. The fourth-order valence-corrected chi connectivity index (χ4v) is 2.62. The van der Waals surface area contributed by atoms with Crippen LogP contribution in [0.3, 0.4) is 0 Å². The second kappa shape index (κ2) is 13.4. The number of phosphoric acid groups is 1. The van der Waals surface area contributed by atoms with Crippen molar-refractivity contribution in [3.63, 3.8) is 0 Å². The van der Waals surface area contributed by atoms with Gasteiger partial charge in [0.25, 0.3) is 7.82 Å². The van der Waals surface area contributed by atoms with E-state index in [1.807, 2.05) is 6.08 Å². The largest absolute Gasteiger partial charge is 0.756 e. The van der Waals surface area contributed by atoms with Gasteiger partial charge in [-0.15, -0.1) is 0 Å². The number of rotatable bonds is 10. The molecule has 2 N–H and O–H groups in total. The van der Waals surface area contributed by atoms with Crippen molar-refractivity contribution >= 4 is 13.9 Å². The van der Waals surface area contributed by atoms with Gasteiger partial charge in [0, 0.05) is 6.42 Å². The van der Waals surface area contributed by atoms with E-state index in [1.54, 1.807) is 12.1 Å². The number of benzene rings is 1. The highest BCUT2D eigenvalue weighted by molar-refractivity contribution is 7.43. The molecule has 0 spiro atoms. The highest BCUT2D eigenvalue weighted by Gasteiger charge is 2.02. The topological polar surface area (TPSA) is 89.4 Å². The molecule has 0 radical (unpaired) electrons. The van der Waals surface area contributed by atoms with Crippen molar-refractivity contribution < 1.29 is 28.2 Å². The molecule has 0 aliphatic rings. The zero-order chi connectivity index (χ0) is 20.8. The van der Waals surface area contributed by atoms with Gasteiger partial charge in [-0.1, -0.05) is 50.5 Å². The third-order valence-electron chi connectivity index (χ3n) is 4.00. The average molecular weight is 412 g/mol. The second-order valence-corrected chi connectivity index (χ2v) is 7.52. The fourth-order valence-electron chi connectivity index (χ4n) is 2.62. The van der Waals surface area contributed by atoms with Crippen LogP contribution >= 0.6 is 7.82 Å². The van der Waals surface area contributed by atoms with Gasteiger partial charge in [0.2, 0.25) is 6.33 Å². The summed E-state index contributed by atoms with van der Waals surface area (Å²) in [5.74, 6) is -0.186. The third-order valence-corrected chi connectivity index (χ3v) is 4.00. The number of hydrogen-bond acceptors (Lipinski definition) is 2. The first-order valence-electron chi connectivity index (χ1n) is 9.51. The van der Waals surface area contributed by atoms with Crippen LogP contribution in [0, 0.1) is 5.82 Å². The molecular formula is C20H30FN2O4P. The summed E-state index contributed by atoms with van der Waals surface area (Å²) in [7, 11) is -4.89. The normalized spacial score (nSPS) is 11.5. The molecule has 0 unspecified atom stereocenters. The Kier molecular flexibility index (Phi) is 11.6. The van der Waals surface area contributed by atoms with Gasteiger partial charge in [-0.2, -0.15) is 0 Å². The van der Waals surface area contributed by atoms with Crippen molar-refractivity contribution in [2.75, 3.05) is 0 Å². The summed E-state index contributed by atoms with van der Waals surface area (Å²) < 4.78 is 26.1. The molecule has 0 amide bonds. The Balaban J connectivity index is 0.000000696. The van der Waals surface area contributed by atoms with Gasteiger partial charge in [-0.05, 0) is 30.5 Å². The summed E-state index contributed by atoms with van der Waals surface area (Å²) in [6.07, 6.45) is 18.2. The monoisotopic (exact) mass is 412 g/mol. The maximum absolute atomic E-state index is 12.8. The Bertz CT molecular complexity index is 733. The van der Waals surface area contributed by atoms with Crippen LogP contribution < -0.4 is 9.46 Å². The third kappa shape index (κ3) is 13.4. The van der Waals surface area contributed by atoms with Gasteiger partial charge in [-0.25, -0.2) is 13.5 Å². The number of halogens is 1.